The molecule has 2 aromatic carbocycles. The molecule has 26 heavy (non-hydrogen) atoms. The van der Waals surface area contributed by atoms with Crippen molar-refractivity contribution in [2.45, 2.75) is 16.7 Å². The molecule has 0 aliphatic rings. The van der Waals surface area contributed by atoms with Gasteiger partial charge in [-0.1, -0.05) is 65.8 Å². The second-order valence-electron chi connectivity index (χ2n) is 5.42. The molecule has 0 saturated heterocycles. The van der Waals surface area contributed by atoms with E-state index >= 15 is 0 Å². The van der Waals surface area contributed by atoms with Gasteiger partial charge < -0.3 is 5.73 Å². The van der Waals surface area contributed by atoms with Crippen LogP contribution in [0, 0.1) is 0 Å². The summed E-state index contributed by atoms with van der Waals surface area (Å²) in [6, 6.07) is 17.8. The van der Waals surface area contributed by atoms with Crippen LogP contribution >= 0.6 is 35.1 Å². The molecule has 2 N–H and O–H groups in total. The van der Waals surface area contributed by atoms with Gasteiger partial charge in [0.2, 0.25) is 5.91 Å². The van der Waals surface area contributed by atoms with E-state index < -0.39 is 5.91 Å². The first-order valence-electron chi connectivity index (χ1n) is 7.87. The van der Waals surface area contributed by atoms with Crippen molar-refractivity contribution < 1.29 is 4.79 Å². The number of benzene rings is 2. The Morgan fingerprint density at radius 3 is 2.50 bits per heavy atom. The SMILES string of the molecule is NC(=O)CSc1nnc(CSCc2ccccc2)n1-c1ccccc1Cl. The number of hydrogen-bond acceptors (Lipinski definition) is 5. The van der Waals surface area contributed by atoms with Crippen molar-refractivity contribution in [1.29, 1.82) is 0 Å². The largest absolute Gasteiger partial charge is 0.369 e. The zero-order valence-electron chi connectivity index (χ0n) is 13.8. The van der Waals surface area contributed by atoms with Crippen LogP contribution < -0.4 is 5.73 Å². The van der Waals surface area contributed by atoms with Crippen LogP contribution in [-0.4, -0.2) is 26.4 Å². The first kappa shape index (κ1) is 18.8. The Morgan fingerprint density at radius 1 is 1.04 bits per heavy atom. The highest BCUT2D eigenvalue weighted by atomic mass is 35.5. The maximum atomic E-state index is 11.1. The van der Waals surface area contributed by atoms with Gasteiger partial charge in [0.15, 0.2) is 5.16 Å². The second kappa shape index (κ2) is 9.12. The smallest absolute Gasteiger partial charge is 0.227 e. The first-order chi connectivity index (χ1) is 12.6. The van der Waals surface area contributed by atoms with Gasteiger partial charge in [0, 0.05) is 5.75 Å². The molecule has 134 valence electrons. The van der Waals surface area contributed by atoms with Gasteiger partial charge in [0.05, 0.1) is 22.2 Å². The van der Waals surface area contributed by atoms with Crippen LogP contribution in [0.25, 0.3) is 5.69 Å². The summed E-state index contributed by atoms with van der Waals surface area (Å²) in [5.41, 5.74) is 7.31. The van der Waals surface area contributed by atoms with E-state index in [1.54, 1.807) is 11.8 Å². The van der Waals surface area contributed by atoms with Crippen LogP contribution in [0.2, 0.25) is 5.02 Å². The lowest BCUT2D eigenvalue weighted by Gasteiger charge is -2.11. The van der Waals surface area contributed by atoms with Gasteiger partial charge in [-0.25, -0.2) is 0 Å². The Morgan fingerprint density at radius 2 is 1.77 bits per heavy atom. The average molecular weight is 405 g/mol. The van der Waals surface area contributed by atoms with Crippen LogP contribution in [0.1, 0.15) is 11.4 Å². The number of carbonyl (C=O) groups excluding carboxylic acids is 1. The van der Waals surface area contributed by atoms with Gasteiger partial charge in [-0.15, -0.1) is 22.0 Å². The van der Waals surface area contributed by atoms with Crippen molar-refractivity contribution in [3.63, 3.8) is 0 Å². The van der Waals surface area contributed by atoms with Gasteiger partial charge in [0.25, 0.3) is 0 Å². The minimum absolute atomic E-state index is 0.139. The Kier molecular flexibility index (Phi) is 6.60. The topological polar surface area (TPSA) is 73.8 Å². The third kappa shape index (κ3) is 4.81. The molecule has 0 bridgehead atoms. The van der Waals surface area contributed by atoms with Gasteiger partial charge in [0.1, 0.15) is 5.82 Å². The standard InChI is InChI=1S/C18H17ClN4OS2/c19-14-8-4-5-9-15(14)23-17(21-22-18(23)26-11-16(20)24)12-25-10-13-6-2-1-3-7-13/h1-9H,10-12H2,(H2,20,24). The van der Waals surface area contributed by atoms with Crippen molar-refractivity contribution in [1.82, 2.24) is 14.8 Å². The van der Waals surface area contributed by atoms with Gasteiger partial charge >= 0.3 is 0 Å². The van der Waals surface area contributed by atoms with Crippen molar-refractivity contribution in [2.75, 3.05) is 5.75 Å². The lowest BCUT2D eigenvalue weighted by Crippen LogP contribution is -2.14. The molecule has 0 radical (unpaired) electrons. The average Bonchev–Trinajstić information content (AvgIpc) is 3.04. The summed E-state index contributed by atoms with van der Waals surface area (Å²) in [5.74, 6) is 2.07. The van der Waals surface area contributed by atoms with Gasteiger partial charge in [-0.2, -0.15) is 0 Å². The molecule has 0 aliphatic heterocycles. The number of carbonyl (C=O) groups is 1. The fourth-order valence-electron chi connectivity index (χ4n) is 2.33. The van der Waals surface area contributed by atoms with Crippen molar-refractivity contribution in [2.24, 2.45) is 5.73 Å². The molecular weight excluding hydrogens is 388 g/mol. The molecule has 0 unspecified atom stereocenters. The van der Waals surface area contributed by atoms with E-state index in [4.69, 9.17) is 17.3 Å². The Bertz CT molecular complexity index is 886. The predicted octanol–water partition coefficient (Wildman–Crippen LogP) is 3.93. The molecule has 0 spiro atoms. The van der Waals surface area contributed by atoms with Crippen molar-refractivity contribution in [3.8, 4) is 5.69 Å². The number of hydrogen-bond donors (Lipinski definition) is 1. The zero-order valence-corrected chi connectivity index (χ0v) is 16.2. The lowest BCUT2D eigenvalue weighted by atomic mass is 10.2. The van der Waals surface area contributed by atoms with E-state index in [1.807, 2.05) is 47.0 Å². The molecule has 1 heterocycles. The molecule has 3 aromatic rings. The zero-order chi connectivity index (χ0) is 18.4. The summed E-state index contributed by atoms with van der Waals surface area (Å²) in [5, 5.41) is 9.73. The fraction of sp³-hybridized carbons (Fsp3) is 0.167. The first-order valence-corrected chi connectivity index (χ1v) is 10.4. The highest BCUT2D eigenvalue weighted by Crippen LogP contribution is 2.29. The van der Waals surface area contributed by atoms with Crippen LogP contribution in [-0.2, 0) is 16.3 Å². The number of thioether (sulfide) groups is 2. The predicted molar refractivity (Wildman–Crippen MR) is 108 cm³/mol. The number of para-hydroxylation sites is 1. The monoisotopic (exact) mass is 404 g/mol. The molecule has 3 rings (SSSR count). The highest BCUT2D eigenvalue weighted by Gasteiger charge is 2.17. The third-order valence-electron chi connectivity index (χ3n) is 3.48. The van der Waals surface area contributed by atoms with Crippen LogP contribution in [0.3, 0.4) is 0 Å². The summed E-state index contributed by atoms with van der Waals surface area (Å²) in [4.78, 5) is 11.1. The molecule has 0 saturated carbocycles. The van der Waals surface area contributed by atoms with Crippen LogP contribution in [0.4, 0.5) is 0 Å². The van der Waals surface area contributed by atoms with E-state index in [0.717, 1.165) is 17.3 Å². The lowest BCUT2D eigenvalue weighted by molar-refractivity contribution is -0.115. The van der Waals surface area contributed by atoms with Gasteiger partial charge in [-0.3, -0.25) is 9.36 Å². The maximum Gasteiger partial charge on any atom is 0.227 e. The molecule has 1 aromatic heterocycles. The number of halogens is 1. The quantitative estimate of drug-likeness (QED) is 0.576. The minimum Gasteiger partial charge on any atom is -0.369 e. The molecule has 0 aliphatic carbocycles. The van der Waals surface area contributed by atoms with E-state index in [1.165, 1.54) is 17.3 Å². The second-order valence-corrected chi connectivity index (χ2v) is 7.75. The van der Waals surface area contributed by atoms with E-state index in [-0.39, 0.29) is 5.75 Å². The summed E-state index contributed by atoms with van der Waals surface area (Å²) >= 11 is 9.37. The Labute approximate surface area is 165 Å². The molecular formula is C18H17ClN4OS2. The third-order valence-corrected chi connectivity index (χ3v) is 5.75. The molecule has 1 amide bonds. The van der Waals surface area contributed by atoms with Crippen molar-refractivity contribution >= 4 is 41.0 Å². The number of nitrogens with two attached hydrogens (primary N) is 1. The minimum atomic E-state index is -0.399. The van der Waals surface area contributed by atoms with Crippen LogP contribution in [0.5, 0.6) is 0 Å². The Balaban J connectivity index is 1.82. The summed E-state index contributed by atoms with van der Waals surface area (Å²) < 4.78 is 1.90. The normalized spacial score (nSPS) is 10.8. The molecule has 5 nitrogen and oxygen atoms in total. The summed E-state index contributed by atoms with van der Waals surface area (Å²) in [6.45, 7) is 0. The maximum absolute atomic E-state index is 11.1. The van der Waals surface area contributed by atoms with Crippen LogP contribution in [0.15, 0.2) is 59.8 Å². The number of nitrogens with zero attached hydrogens (tertiary/aromatic N) is 3. The highest BCUT2D eigenvalue weighted by molar-refractivity contribution is 7.99. The van der Waals surface area contributed by atoms with E-state index in [2.05, 4.69) is 22.3 Å². The number of amides is 1. The van der Waals surface area contributed by atoms with Gasteiger partial charge in [-0.05, 0) is 17.7 Å². The Hall–Kier alpha value is -1.96. The molecule has 0 fully saturated rings. The molecule has 8 heteroatoms. The number of aromatic nitrogens is 3. The number of rotatable bonds is 8. The number of primary amides is 1. The fourth-order valence-corrected chi connectivity index (χ4v) is 4.16. The summed E-state index contributed by atoms with van der Waals surface area (Å²) in [7, 11) is 0. The van der Waals surface area contributed by atoms with E-state index in [9.17, 15) is 4.79 Å². The van der Waals surface area contributed by atoms with Crippen molar-refractivity contribution in [3.05, 3.63) is 71.0 Å². The molecule has 0 atom stereocenters. The summed E-state index contributed by atoms with van der Waals surface area (Å²) in [6.07, 6.45) is 0. The van der Waals surface area contributed by atoms with E-state index in [0.29, 0.717) is 15.9 Å².